The molecular weight excluding hydrogens is 356 g/mol. The zero-order valence-corrected chi connectivity index (χ0v) is 12.2. The molecule has 0 unspecified atom stereocenters. The molecular formula is C12H9BrF4N4. The summed E-state index contributed by atoms with van der Waals surface area (Å²) in [7, 11) is 1.44. The first kappa shape index (κ1) is 15.5. The first-order valence-corrected chi connectivity index (χ1v) is 6.45. The Morgan fingerprint density at radius 2 is 1.76 bits per heavy atom. The van der Waals surface area contributed by atoms with Crippen LogP contribution >= 0.6 is 15.9 Å². The van der Waals surface area contributed by atoms with Crippen molar-refractivity contribution in [3.63, 3.8) is 0 Å². The highest BCUT2D eigenvalue weighted by Crippen LogP contribution is 2.30. The highest BCUT2D eigenvalue weighted by molar-refractivity contribution is 9.10. The van der Waals surface area contributed by atoms with Crippen molar-refractivity contribution in [1.82, 2.24) is 9.97 Å². The predicted molar refractivity (Wildman–Crippen MR) is 74.0 cm³/mol. The smallest absolute Gasteiger partial charge is 0.373 e. The summed E-state index contributed by atoms with van der Waals surface area (Å²) in [6.45, 7) is 0. The van der Waals surface area contributed by atoms with Crippen molar-refractivity contribution in [1.29, 1.82) is 0 Å². The standard InChI is InChI=1S/C12H9BrF4N4/c1-18-9-5-10(21-11(20-9)12(15,16)17)19-8-3-2-6(14)4-7(8)13/h2-5H,1H3,(H2,18,19,20,21). The molecule has 0 aliphatic rings. The SMILES string of the molecule is CNc1cc(Nc2ccc(F)cc2Br)nc(C(F)(F)F)n1. The van der Waals surface area contributed by atoms with Gasteiger partial charge in [-0.3, -0.25) is 0 Å². The number of hydrogen-bond acceptors (Lipinski definition) is 4. The first-order chi connectivity index (χ1) is 9.79. The van der Waals surface area contributed by atoms with E-state index < -0.39 is 17.8 Å². The Morgan fingerprint density at radius 1 is 1.10 bits per heavy atom. The molecule has 2 rings (SSSR count). The third-order valence-electron chi connectivity index (χ3n) is 2.43. The van der Waals surface area contributed by atoms with Crippen molar-refractivity contribution in [2.75, 3.05) is 17.7 Å². The van der Waals surface area contributed by atoms with E-state index in [0.717, 1.165) is 0 Å². The van der Waals surface area contributed by atoms with E-state index >= 15 is 0 Å². The van der Waals surface area contributed by atoms with Gasteiger partial charge in [0.15, 0.2) is 0 Å². The molecule has 0 atom stereocenters. The number of halogens is 5. The fourth-order valence-corrected chi connectivity index (χ4v) is 1.94. The molecule has 21 heavy (non-hydrogen) atoms. The van der Waals surface area contributed by atoms with Crippen molar-refractivity contribution >= 4 is 33.3 Å². The fourth-order valence-electron chi connectivity index (χ4n) is 1.49. The monoisotopic (exact) mass is 364 g/mol. The minimum atomic E-state index is -4.66. The van der Waals surface area contributed by atoms with Gasteiger partial charge in [-0.25, -0.2) is 14.4 Å². The topological polar surface area (TPSA) is 49.8 Å². The van der Waals surface area contributed by atoms with Crippen LogP contribution in [0, 0.1) is 5.82 Å². The highest BCUT2D eigenvalue weighted by atomic mass is 79.9. The average Bonchev–Trinajstić information content (AvgIpc) is 2.40. The molecule has 4 nitrogen and oxygen atoms in total. The zero-order valence-electron chi connectivity index (χ0n) is 10.6. The molecule has 0 aliphatic carbocycles. The number of aromatic nitrogens is 2. The lowest BCUT2D eigenvalue weighted by Gasteiger charge is -2.12. The molecule has 2 N–H and O–H groups in total. The fraction of sp³-hybridized carbons (Fsp3) is 0.167. The summed E-state index contributed by atoms with van der Waals surface area (Å²) in [6, 6.07) is 5.06. The van der Waals surface area contributed by atoms with Gasteiger partial charge in [0, 0.05) is 17.6 Å². The van der Waals surface area contributed by atoms with E-state index in [1.165, 1.54) is 31.3 Å². The predicted octanol–water partition coefficient (Wildman–Crippen LogP) is 4.18. The van der Waals surface area contributed by atoms with Gasteiger partial charge in [0.1, 0.15) is 17.5 Å². The van der Waals surface area contributed by atoms with Crippen LogP contribution in [0.1, 0.15) is 5.82 Å². The first-order valence-electron chi connectivity index (χ1n) is 5.65. The lowest BCUT2D eigenvalue weighted by molar-refractivity contribution is -0.144. The number of hydrogen-bond donors (Lipinski definition) is 2. The van der Waals surface area contributed by atoms with Crippen molar-refractivity contribution in [3.05, 3.63) is 40.4 Å². The van der Waals surface area contributed by atoms with Crippen LogP contribution in [-0.2, 0) is 6.18 Å². The number of nitrogens with zero attached hydrogens (tertiary/aromatic N) is 2. The van der Waals surface area contributed by atoms with Crippen LogP contribution in [0.3, 0.4) is 0 Å². The third kappa shape index (κ3) is 3.81. The lowest BCUT2D eigenvalue weighted by Crippen LogP contribution is -2.13. The van der Waals surface area contributed by atoms with E-state index in [-0.39, 0.29) is 11.6 Å². The van der Waals surface area contributed by atoms with Gasteiger partial charge in [-0.15, -0.1) is 0 Å². The van der Waals surface area contributed by atoms with E-state index in [1.54, 1.807) is 0 Å². The Labute approximate surface area is 125 Å². The van der Waals surface area contributed by atoms with E-state index in [2.05, 4.69) is 36.5 Å². The quantitative estimate of drug-likeness (QED) is 0.802. The minimum absolute atomic E-state index is 0.0121. The summed E-state index contributed by atoms with van der Waals surface area (Å²) in [6.07, 6.45) is -4.66. The van der Waals surface area contributed by atoms with Gasteiger partial charge in [-0.05, 0) is 34.1 Å². The maximum Gasteiger partial charge on any atom is 0.451 e. The van der Waals surface area contributed by atoms with Crippen LogP contribution in [-0.4, -0.2) is 17.0 Å². The summed E-state index contributed by atoms with van der Waals surface area (Å²) < 4.78 is 51.5. The van der Waals surface area contributed by atoms with E-state index in [4.69, 9.17) is 0 Å². The minimum Gasteiger partial charge on any atom is -0.373 e. The van der Waals surface area contributed by atoms with E-state index in [0.29, 0.717) is 10.2 Å². The maximum atomic E-state index is 13.0. The van der Waals surface area contributed by atoms with Gasteiger partial charge in [0.2, 0.25) is 5.82 Å². The van der Waals surface area contributed by atoms with E-state index in [1.807, 2.05) is 0 Å². The van der Waals surface area contributed by atoms with Crippen LogP contribution in [0.15, 0.2) is 28.7 Å². The second kappa shape index (κ2) is 5.84. The van der Waals surface area contributed by atoms with Crippen molar-refractivity contribution in [3.8, 4) is 0 Å². The van der Waals surface area contributed by atoms with Crippen molar-refractivity contribution in [2.24, 2.45) is 0 Å². The van der Waals surface area contributed by atoms with Crippen LogP contribution in [0.4, 0.5) is 34.9 Å². The number of alkyl halides is 3. The second-order valence-corrected chi connectivity index (χ2v) is 4.81. The highest BCUT2D eigenvalue weighted by Gasteiger charge is 2.35. The van der Waals surface area contributed by atoms with Gasteiger partial charge in [-0.2, -0.15) is 13.2 Å². The van der Waals surface area contributed by atoms with Crippen LogP contribution in [0.25, 0.3) is 0 Å². The van der Waals surface area contributed by atoms with Crippen molar-refractivity contribution < 1.29 is 17.6 Å². The molecule has 1 aromatic heterocycles. The Bertz CT molecular complexity index is 660. The Kier molecular flexibility index (Phi) is 4.31. The molecule has 0 bridgehead atoms. The summed E-state index contributed by atoms with van der Waals surface area (Å²) in [5, 5.41) is 5.21. The number of benzene rings is 1. The van der Waals surface area contributed by atoms with Crippen LogP contribution in [0.5, 0.6) is 0 Å². The summed E-state index contributed by atoms with van der Waals surface area (Å²) in [5.74, 6) is -1.79. The molecule has 1 heterocycles. The number of rotatable bonds is 3. The van der Waals surface area contributed by atoms with Gasteiger partial charge in [-0.1, -0.05) is 0 Å². The van der Waals surface area contributed by atoms with Gasteiger partial charge < -0.3 is 10.6 Å². The molecule has 0 amide bonds. The number of anilines is 3. The summed E-state index contributed by atoms with van der Waals surface area (Å²) >= 11 is 3.11. The molecule has 0 saturated carbocycles. The van der Waals surface area contributed by atoms with Gasteiger partial charge >= 0.3 is 6.18 Å². The summed E-state index contributed by atoms with van der Waals surface area (Å²) in [4.78, 5) is 6.75. The largest absolute Gasteiger partial charge is 0.451 e. The molecule has 0 spiro atoms. The molecule has 9 heteroatoms. The second-order valence-electron chi connectivity index (χ2n) is 3.96. The molecule has 0 radical (unpaired) electrons. The Balaban J connectivity index is 2.39. The summed E-state index contributed by atoms with van der Waals surface area (Å²) in [5.41, 5.74) is 0.380. The van der Waals surface area contributed by atoms with Crippen LogP contribution in [0.2, 0.25) is 0 Å². The number of nitrogens with one attached hydrogen (secondary N) is 2. The Morgan fingerprint density at radius 3 is 2.33 bits per heavy atom. The Hall–Kier alpha value is -1.90. The molecule has 2 aromatic rings. The van der Waals surface area contributed by atoms with E-state index in [9.17, 15) is 17.6 Å². The van der Waals surface area contributed by atoms with Crippen molar-refractivity contribution in [2.45, 2.75) is 6.18 Å². The maximum absolute atomic E-state index is 13.0. The van der Waals surface area contributed by atoms with Gasteiger partial charge in [0.25, 0.3) is 0 Å². The zero-order chi connectivity index (χ0) is 15.6. The molecule has 0 aliphatic heterocycles. The van der Waals surface area contributed by atoms with Crippen LogP contribution < -0.4 is 10.6 Å². The van der Waals surface area contributed by atoms with Gasteiger partial charge in [0.05, 0.1) is 5.69 Å². The average molecular weight is 365 g/mol. The molecule has 0 saturated heterocycles. The molecule has 1 aromatic carbocycles. The third-order valence-corrected chi connectivity index (χ3v) is 3.09. The molecule has 112 valence electrons. The normalized spacial score (nSPS) is 11.3. The lowest BCUT2D eigenvalue weighted by atomic mass is 10.3. The molecule has 0 fully saturated rings.